The molecule has 6 nitrogen and oxygen atoms in total. The van der Waals surface area contributed by atoms with E-state index >= 15 is 0 Å². The van der Waals surface area contributed by atoms with Gasteiger partial charge in [-0.3, -0.25) is 4.79 Å². The molecule has 0 saturated carbocycles. The Balaban J connectivity index is 2.27. The van der Waals surface area contributed by atoms with E-state index in [-0.39, 0.29) is 17.2 Å². The van der Waals surface area contributed by atoms with Crippen molar-refractivity contribution in [2.75, 3.05) is 20.2 Å². The van der Waals surface area contributed by atoms with Gasteiger partial charge in [0.15, 0.2) is 0 Å². The summed E-state index contributed by atoms with van der Waals surface area (Å²) in [5.74, 6) is -0.883. The van der Waals surface area contributed by atoms with Crippen molar-refractivity contribution in [3.05, 3.63) is 17.0 Å². The van der Waals surface area contributed by atoms with Crippen molar-refractivity contribution >= 4 is 11.9 Å². The molecule has 0 spiro atoms. The molecule has 1 aliphatic heterocycles. The fraction of sp³-hybridized carbons (Fsp3) is 0.583. The Morgan fingerprint density at radius 1 is 1.28 bits per heavy atom. The molecule has 1 aliphatic rings. The maximum absolute atomic E-state index is 12.2. The Kier molecular flexibility index (Phi) is 3.64. The molecule has 2 rings (SSSR count). The molecule has 0 atom stereocenters. The lowest BCUT2D eigenvalue weighted by Crippen LogP contribution is -2.36. The summed E-state index contributed by atoms with van der Waals surface area (Å²) in [5.41, 5.74) is 0.510. The van der Waals surface area contributed by atoms with Crippen molar-refractivity contribution in [2.45, 2.75) is 26.2 Å². The number of nitrogens with zero attached hydrogens (tertiary/aromatic N) is 2. The van der Waals surface area contributed by atoms with Gasteiger partial charge in [0.1, 0.15) is 5.56 Å². The Morgan fingerprint density at radius 2 is 1.94 bits per heavy atom. The van der Waals surface area contributed by atoms with Gasteiger partial charge in [-0.2, -0.15) is 0 Å². The van der Waals surface area contributed by atoms with E-state index in [1.54, 1.807) is 11.8 Å². The topological polar surface area (TPSA) is 72.6 Å². The normalized spacial score (nSPS) is 15.6. The van der Waals surface area contributed by atoms with Crippen LogP contribution in [-0.2, 0) is 4.74 Å². The standard InChI is InChI=1S/C12H16N2O4/c1-8-9(12(16)17-2)10(18-13-8)11(15)14-6-4-3-5-7-14/h3-7H2,1-2H3. The van der Waals surface area contributed by atoms with Crippen LogP contribution in [0, 0.1) is 6.92 Å². The van der Waals surface area contributed by atoms with Crippen LogP contribution in [0.4, 0.5) is 0 Å². The lowest BCUT2D eigenvalue weighted by atomic mass is 10.1. The number of hydrogen-bond donors (Lipinski definition) is 0. The number of carbonyl (C=O) groups excluding carboxylic acids is 2. The van der Waals surface area contributed by atoms with Crippen molar-refractivity contribution in [1.29, 1.82) is 0 Å². The largest absolute Gasteiger partial charge is 0.465 e. The van der Waals surface area contributed by atoms with Crippen LogP contribution in [0.25, 0.3) is 0 Å². The molecule has 18 heavy (non-hydrogen) atoms. The number of aromatic nitrogens is 1. The molecule has 0 unspecified atom stereocenters. The monoisotopic (exact) mass is 252 g/mol. The number of hydrogen-bond acceptors (Lipinski definition) is 5. The molecule has 6 heteroatoms. The van der Waals surface area contributed by atoms with E-state index in [0.29, 0.717) is 18.8 Å². The summed E-state index contributed by atoms with van der Waals surface area (Å²) < 4.78 is 9.64. The molecule has 1 saturated heterocycles. The fourth-order valence-electron chi connectivity index (χ4n) is 2.10. The number of likely N-dealkylation sites (tertiary alicyclic amines) is 1. The predicted molar refractivity (Wildman–Crippen MR) is 62.3 cm³/mol. The van der Waals surface area contributed by atoms with E-state index in [1.807, 2.05) is 0 Å². The highest BCUT2D eigenvalue weighted by Crippen LogP contribution is 2.19. The van der Waals surface area contributed by atoms with Gasteiger partial charge in [0.05, 0.1) is 12.8 Å². The molecule has 0 N–H and O–H groups in total. The van der Waals surface area contributed by atoms with Gasteiger partial charge in [0.25, 0.3) is 5.91 Å². The fourth-order valence-corrected chi connectivity index (χ4v) is 2.10. The van der Waals surface area contributed by atoms with Gasteiger partial charge in [-0.15, -0.1) is 0 Å². The minimum absolute atomic E-state index is 0.0127. The molecule has 2 heterocycles. The zero-order chi connectivity index (χ0) is 13.1. The van der Waals surface area contributed by atoms with Crippen LogP contribution in [0.2, 0.25) is 0 Å². The second-order valence-corrected chi connectivity index (χ2v) is 4.32. The van der Waals surface area contributed by atoms with Gasteiger partial charge in [-0.1, -0.05) is 5.16 Å². The molecule has 0 radical (unpaired) electrons. The predicted octanol–water partition coefficient (Wildman–Crippen LogP) is 1.40. The zero-order valence-electron chi connectivity index (χ0n) is 10.6. The van der Waals surface area contributed by atoms with Crippen LogP contribution in [0.5, 0.6) is 0 Å². The number of piperidine rings is 1. The van der Waals surface area contributed by atoms with Crippen LogP contribution in [0.3, 0.4) is 0 Å². The first kappa shape index (κ1) is 12.6. The SMILES string of the molecule is COC(=O)c1c(C)noc1C(=O)N1CCCCC1. The van der Waals surface area contributed by atoms with Crippen LogP contribution in [-0.4, -0.2) is 42.1 Å². The number of amides is 1. The molecule has 0 bridgehead atoms. The first-order valence-electron chi connectivity index (χ1n) is 5.99. The van der Waals surface area contributed by atoms with E-state index in [9.17, 15) is 9.59 Å². The van der Waals surface area contributed by atoms with E-state index in [2.05, 4.69) is 9.89 Å². The van der Waals surface area contributed by atoms with Gasteiger partial charge in [0, 0.05) is 13.1 Å². The summed E-state index contributed by atoms with van der Waals surface area (Å²) in [6.45, 7) is 3.00. The highest BCUT2D eigenvalue weighted by Gasteiger charge is 2.30. The quantitative estimate of drug-likeness (QED) is 0.744. The first-order chi connectivity index (χ1) is 8.65. The third-order valence-electron chi connectivity index (χ3n) is 3.09. The summed E-state index contributed by atoms with van der Waals surface area (Å²) in [4.78, 5) is 25.5. The smallest absolute Gasteiger partial charge is 0.344 e. The molecular formula is C12H16N2O4. The Hall–Kier alpha value is -1.85. The average Bonchev–Trinajstić information content (AvgIpc) is 2.80. The highest BCUT2D eigenvalue weighted by atomic mass is 16.5. The maximum Gasteiger partial charge on any atom is 0.344 e. The summed E-state index contributed by atoms with van der Waals surface area (Å²) in [6, 6.07) is 0. The molecule has 1 fully saturated rings. The second kappa shape index (κ2) is 5.20. The zero-order valence-corrected chi connectivity index (χ0v) is 10.6. The van der Waals surface area contributed by atoms with Crippen LogP contribution >= 0.6 is 0 Å². The number of aryl methyl sites for hydroxylation is 1. The molecule has 1 amide bonds. The Bertz CT molecular complexity index is 461. The van der Waals surface area contributed by atoms with Gasteiger partial charge in [-0.25, -0.2) is 4.79 Å². The molecule has 0 aromatic carbocycles. The van der Waals surface area contributed by atoms with Gasteiger partial charge in [0.2, 0.25) is 5.76 Å². The van der Waals surface area contributed by atoms with Crippen molar-refractivity contribution in [1.82, 2.24) is 10.1 Å². The maximum atomic E-state index is 12.2. The minimum atomic E-state index is -0.589. The van der Waals surface area contributed by atoms with E-state index in [0.717, 1.165) is 19.3 Å². The third kappa shape index (κ3) is 2.23. The number of carbonyl (C=O) groups is 2. The highest BCUT2D eigenvalue weighted by molar-refractivity contribution is 6.03. The van der Waals surface area contributed by atoms with E-state index in [1.165, 1.54) is 7.11 Å². The summed E-state index contributed by atoms with van der Waals surface area (Å²) in [5, 5.41) is 3.68. The summed E-state index contributed by atoms with van der Waals surface area (Å²) in [6.07, 6.45) is 3.09. The first-order valence-corrected chi connectivity index (χ1v) is 5.99. The van der Waals surface area contributed by atoms with Crippen LogP contribution in [0.15, 0.2) is 4.52 Å². The lowest BCUT2D eigenvalue weighted by molar-refractivity contribution is 0.0577. The van der Waals surface area contributed by atoms with Gasteiger partial charge in [-0.05, 0) is 26.2 Å². The summed E-state index contributed by atoms with van der Waals surface area (Å²) in [7, 11) is 1.27. The van der Waals surface area contributed by atoms with Crippen molar-refractivity contribution in [2.24, 2.45) is 0 Å². The number of ether oxygens (including phenoxy) is 1. The average molecular weight is 252 g/mol. The van der Waals surface area contributed by atoms with E-state index in [4.69, 9.17) is 4.52 Å². The van der Waals surface area contributed by atoms with Gasteiger partial charge < -0.3 is 14.2 Å². The molecule has 1 aromatic rings. The van der Waals surface area contributed by atoms with Crippen molar-refractivity contribution < 1.29 is 18.8 Å². The Labute approximate surface area is 105 Å². The second-order valence-electron chi connectivity index (χ2n) is 4.32. The third-order valence-corrected chi connectivity index (χ3v) is 3.09. The molecule has 0 aliphatic carbocycles. The van der Waals surface area contributed by atoms with E-state index < -0.39 is 5.97 Å². The van der Waals surface area contributed by atoms with Crippen molar-refractivity contribution in [3.8, 4) is 0 Å². The Morgan fingerprint density at radius 3 is 2.56 bits per heavy atom. The van der Waals surface area contributed by atoms with Crippen molar-refractivity contribution in [3.63, 3.8) is 0 Å². The summed E-state index contributed by atoms with van der Waals surface area (Å²) >= 11 is 0. The number of methoxy groups -OCH3 is 1. The van der Waals surface area contributed by atoms with Gasteiger partial charge >= 0.3 is 5.97 Å². The molecule has 1 aromatic heterocycles. The molecule has 98 valence electrons. The molecular weight excluding hydrogens is 236 g/mol. The lowest BCUT2D eigenvalue weighted by Gasteiger charge is -2.25. The minimum Gasteiger partial charge on any atom is -0.465 e. The van der Waals surface area contributed by atoms with Crippen LogP contribution < -0.4 is 0 Å². The number of rotatable bonds is 2. The number of esters is 1. The van der Waals surface area contributed by atoms with Crippen LogP contribution in [0.1, 0.15) is 45.9 Å².